The maximum Gasteiger partial charge on any atom is 0.306 e. The van der Waals surface area contributed by atoms with E-state index in [1.807, 2.05) is 21.1 Å². The van der Waals surface area contributed by atoms with Crippen LogP contribution in [0.1, 0.15) is 284 Å². The third kappa shape index (κ3) is 60.2. The van der Waals surface area contributed by atoms with Crippen LogP contribution >= 0.6 is 0 Å². The number of quaternary nitrogens is 1. The van der Waals surface area contributed by atoms with Gasteiger partial charge < -0.3 is 33.3 Å². The molecule has 0 aromatic heterocycles. The summed E-state index contributed by atoms with van der Waals surface area (Å²) in [6.45, 7) is 4.63. The molecule has 0 spiro atoms. The molecule has 0 aliphatic rings. The highest BCUT2D eigenvalue weighted by molar-refractivity contribution is 5.70. The molecule has 9 nitrogen and oxygen atoms in total. The van der Waals surface area contributed by atoms with Gasteiger partial charge in [0.25, 0.3) is 0 Å². The number of nitrogens with zero attached hydrogens (tertiary/aromatic N) is 1. The predicted octanol–water partition coefficient (Wildman–Crippen LogP) is 18.0. The van der Waals surface area contributed by atoms with Crippen LogP contribution in [0.3, 0.4) is 0 Å². The SMILES string of the molecule is CC/C=C\C/C=C\C/C=C\C/C=C\C/C=C\CCCCCCCCCCCCCCCCCCCCCCCCCC(=O)OC(COC(=O)CCCCCCC/C=C\CCCCCC)COC(OCC[N+](C)(C)C)C(=O)[O-]. The Morgan fingerprint density at radius 3 is 1.12 bits per heavy atom. The standard InChI is InChI=1S/C68H121NO8/c1-6-8-10-12-14-16-18-20-21-22-23-24-25-26-27-28-29-30-31-32-33-34-35-36-37-38-39-40-41-42-43-44-45-47-49-51-53-55-57-59-66(71)77-64(63-76-68(67(72)73)74-61-60-69(3,4)5)62-75-65(70)58-56-54-52-50-48-46-19-17-15-13-11-9-7-2/h8,10,14,16-17,19-21,23-24,26-27,64,68H,6-7,9,11-13,15,18,22,25,28-63H2,1-5H3/b10-8-,16-14-,19-17-,21-20-,24-23-,27-26-. The molecule has 446 valence electrons. The summed E-state index contributed by atoms with van der Waals surface area (Å²) in [6, 6.07) is 0. The van der Waals surface area contributed by atoms with E-state index in [-0.39, 0.29) is 38.6 Å². The zero-order valence-corrected chi connectivity index (χ0v) is 50.8. The Bertz CT molecular complexity index is 1490. The van der Waals surface area contributed by atoms with Crippen LogP contribution in [0, 0.1) is 0 Å². The van der Waals surface area contributed by atoms with Gasteiger partial charge in [-0.25, -0.2) is 0 Å². The van der Waals surface area contributed by atoms with Crippen molar-refractivity contribution in [3.8, 4) is 0 Å². The van der Waals surface area contributed by atoms with Crippen LogP contribution in [0.15, 0.2) is 72.9 Å². The monoisotopic (exact) mass is 1080 g/mol. The molecule has 9 heteroatoms. The number of likely N-dealkylation sites (N-methyl/N-ethyl adjacent to an activating group) is 1. The van der Waals surface area contributed by atoms with Crippen LogP contribution < -0.4 is 5.11 Å². The van der Waals surface area contributed by atoms with Crippen molar-refractivity contribution in [3.05, 3.63) is 72.9 Å². The lowest BCUT2D eigenvalue weighted by molar-refractivity contribution is -0.870. The van der Waals surface area contributed by atoms with E-state index in [1.165, 1.54) is 167 Å². The highest BCUT2D eigenvalue weighted by Gasteiger charge is 2.22. The summed E-state index contributed by atoms with van der Waals surface area (Å²) >= 11 is 0. The summed E-state index contributed by atoms with van der Waals surface area (Å²) in [5, 5.41) is 11.8. The number of ether oxygens (including phenoxy) is 4. The van der Waals surface area contributed by atoms with Gasteiger partial charge in [-0.15, -0.1) is 0 Å². The average molecular weight is 1080 g/mol. The number of esters is 2. The normalized spacial score (nSPS) is 13.2. The zero-order valence-electron chi connectivity index (χ0n) is 50.8. The second-order valence-electron chi connectivity index (χ2n) is 22.7. The molecule has 0 aliphatic carbocycles. The number of carbonyl (C=O) groups is 3. The minimum Gasteiger partial charge on any atom is -0.545 e. The topological polar surface area (TPSA) is 111 Å². The lowest BCUT2D eigenvalue weighted by Gasteiger charge is -2.26. The molecule has 0 saturated carbocycles. The van der Waals surface area contributed by atoms with Gasteiger partial charge in [-0.05, 0) is 83.5 Å². The number of carboxylic acids is 1. The molecule has 0 aromatic rings. The summed E-state index contributed by atoms with van der Waals surface area (Å²) in [6.07, 6.45) is 74.2. The Balaban J connectivity index is 3.96. The van der Waals surface area contributed by atoms with Gasteiger partial charge in [0.1, 0.15) is 13.2 Å². The summed E-state index contributed by atoms with van der Waals surface area (Å²) < 4.78 is 22.7. The lowest BCUT2D eigenvalue weighted by atomic mass is 10.0. The fraction of sp³-hybridized carbons (Fsp3) is 0.779. The molecule has 0 amide bonds. The molecule has 0 aliphatic heterocycles. The fourth-order valence-corrected chi connectivity index (χ4v) is 9.03. The molecule has 0 radical (unpaired) electrons. The molecule has 0 aromatic carbocycles. The summed E-state index contributed by atoms with van der Waals surface area (Å²) in [4.78, 5) is 37.2. The summed E-state index contributed by atoms with van der Waals surface area (Å²) in [7, 11) is 5.92. The summed E-state index contributed by atoms with van der Waals surface area (Å²) in [5.41, 5.74) is 0. The maximum absolute atomic E-state index is 12.9. The Morgan fingerprint density at radius 2 is 0.740 bits per heavy atom. The highest BCUT2D eigenvalue weighted by Crippen LogP contribution is 2.17. The smallest absolute Gasteiger partial charge is 0.306 e. The van der Waals surface area contributed by atoms with Gasteiger partial charge in [0.2, 0.25) is 0 Å². The van der Waals surface area contributed by atoms with Gasteiger partial charge >= 0.3 is 11.9 Å². The quantitative estimate of drug-likeness (QED) is 0.0195. The minimum absolute atomic E-state index is 0.147. The minimum atomic E-state index is -1.62. The molecule has 0 saturated heterocycles. The van der Waals surface area contributed by atoms with E-state index >= 15 is 0 Å². The molecule has 77 heavy (non-hydrogen) atoms. The van der Waals surface area contributed by atoms with E-state index in [0.717, 1.165) is 83.5 Å². The number of hydrogen-bond acceptors (Lipinski definition) is 8. The molecular formula is C68H121NO8. The van der Waals surface area contributed by atoms with Crippen molar-refractivity contribution in [2.45, 2.75) is 296 Å². The zero-order chi connectivity index (χ0) is 56.2. The number of aliphatic carboxylic acids is 1. The molecule has 0 N–H and O–H groups in total. The van der Waals surface area contributed by atoms with Gasteiger partial charge in [0, 0.05) is 12.8 Å². The molecule has 0 bridgehead atoms. The molecular weight excluding hydrogens is 959 g/mol. The largest absolute Gasteiger partial charge is 0.545 e. The van der Waals surface area contributed by atoms with Crippen LogP contribution in [0.4, 0.5) is 0 Å². The third-order valence-electron chi connectivity index (χ3n) is 13.9. The number of carboxylic acid groups (broad SMARTS) is 1. The first-order chi connectivity index (χ1) is 37.6. The lowest BCUT2D eigenvalue weighted by Crippen LogP contribution is -2.44. The van der Waals surface area contributed by atoms with Crippen molar-refractivity contribution in [2.75, 3.05) is 47.5 Å². The van der Waals surface area contributed by atoms with Crippen LogP contribution in [0.25, 0.3) is 0 Å². The number of allylic oxidation sites excluding steroid dienone is 12. The van der Waals surface area contributed by atoms with Crippen molar-refractivity contribution in [1.82, 2.24) is 0 Å². The number of rotatable bonds is 59. The average Bonchev–Trinajstić information content (AvgIpc) is 3.40. The van der Waals surface area contributed by atoms with Crippen molar-refractivity contribution >= 4 is 17.9 Å². The van der Waals surface area contributed by atoms with Gasteiger partial charge in [-0.2, -0.15) is 0 Å². The van der Waals surface area contributed by atoms with Crippen LogP contribution in [-0.4, -0.2) is 82.3 Å². The van der Waals surface area contributed by atoms with E-state index in [1.54, 1.807) is 0 Å². The third-order valence-corrected chi connectivity index (χ3v) is 13.9. The molecule has 0 rings (SSSR count). The van der Waals surface area contributed by atoms with Gasteiger partial charge in [-0.3, -0.25) is 9.59 Å². The van der Waals surface area contributed by atoms with Crippen LogP contribution in [0.2, 0.25) is 0 Å². The van der Waals surface area contributed by atoms with Gasteiger partial charge in [-0.1, -0.05) is 260 Å². The predicted molar refractivity (Wildman–Crippen MR) is 325 cm³/mol. The first kappa shape index (κ1) is 73.7. The molecule has 0 fully saturated rings. The van der Waals surface area contributed by atoms with Crippen LogP contribution in [-0.2, 0) is 33.3 Å². The van der Waals surface area contributed by atoms with E-state index < -0.39 is 24.3 Å². The first-order valence-electron chi connectivity index (χ1n) is 32.1. The molecule has 2 unspecified atom stereocenters. The van der Waals surface area contributed by atoms with Crippen molar-refractivity contribution < 1.29 is 42.9 Å². The Kier molecular flexibility index (Phi) is 56.4. The highest BCUT2D eigenvalue weighted by atomic mass is 16.7. The maximum atomic E-state index is 12.9. The van der Waals surface area contributed by atoms with E-state index in [9.17, 15) is 19.5 Å². The molecule has 0 heterocycles. The van der Waals surface area contributed by atoms with Gasteiger partial charge in [0.15, 0.2) is 12.4 Å². The second kappa shape index (κ2) is 58.9. The van der Waals surface area contributed by atoms with Crippen molar-refractivity contribution in [3.63, 3.8) is 0 Å². The Labute approximate surface area is 475 Å². The number of hydrogen-bond donors (Lipinski definition) is 0. The fourth-order valence-electron chi connectivity index (χ4n) is 9.03. The number of carbonyl (C=O) groups excluding carboxylic acids is 3. The van der Waals surface area contributed by atoms with Crippen molar-refractivity contribution in [1.29, 1.82) is 0 Å². The van der Waals surface area contributed by atoms with E-state index in [2.05, 4.69) is 86.8 Å². The Morgan fingerprint density at radius 1 is 0.403 bits per heavy atom. The second-order valence-corrected chi connectivity index (χ2v) is 22.7. The van der Waals surface area contributed by atoms with Crippen LogP contribution in [0.5, 0.6) is 0 Å². The van der Waals surface area contributed by atoms with E-state index in [4.69, 9.17) is 18.9 Å². The molecule has 2 atom stereocenters. The van der Waals surface area contributed by atoms with Gasteiger partial charge in [0.05, 0.1) is 40.3 Å². The number of unbranched alkanes of at least 4 members (excludes halogenated alkanes) is 32. The van der Waals surface area contributed by atoms with E-state index in [0.29, 0.717) is 17.4 Å². The van der Waals surface area contributed by atoms with Crippen molar-refractivity contribution in [2.24, 2.45) is 0 Å². The summed E-state index contributed by atoms with van der Waals surface area (Å²) in [5.74, 6) is -2.28. The Hall–Kier alpha value is -3.27. The first-order valence-corrected chi connectivity index (χ1v) is 32.1.